The highest BCUT2D eigenvalue weighted by Gasteiger charge is 2.20. The fraction of sp³-hybridized carbons (Fsp3) is 0.136. The standard InChI is InChI=1S/C22H19N3O2S/c1-14-8-10-17(11-9-14)24-20(26)15(2)25-13-23-21-19(22(25)27)18(12-28-21)16-6-4-3-5-7-16/h3-13,15H,1-2H3,(H,24,26). The van der Waals surface area contributed by atoms with Gasteiger partial charge in [0.15, 0.2) is 0 Å². The predicted molar refractivity (Wildman–Crippen MR) is 114 cm³/mol. The number of hydrogen-bond donors (Lipinski definition) is 1. The molecule has 0 radical (unpaired) electrons. The number of anilines is 1. The van der Waals surface area contributed by atoms with Crippen LogP contribution in [0.15, 0.2) is 71.1 Å². The Kier molecular flexibility index (Phi) is 4.79. The summed E-state index contributed by atoms with van der Waals surface area (Å²) in [6.45, 7) is 3.69. The number of nitrogens with one attached hydrogen (secondary N) is 1. The summed E-state index contributed by atoms with van der Waals surface area (Å²) >= 11 is 1.43. The molecular weight excluding hydrogens is 370 g/mol. The number of benzene rings is 2. The Morgan fingerprint density at radius 2 is 1.82 bits per heavy atom. The van der Waals surface area contributed by atoms with Crippen molar-refractivity contribution in [1.82, 2.24) is 9.55 Å². The molecule has 1 amide bonds. The lowest BCUT2D eigenvalue weighted by molar-refractivity contribution is -0.118. The van der Waals surface area contributed by atoms with Gasteiger partial charge in [-0.2, -0.15) is 0 Å². The van der Waals surface area contributed by atoms with E-state index in [0.717, 1.165) is 16.7 Å². The van der Waals surface area contributed by atoms with Crippen LogP contribution < -0.4 is 10.9 Å². The molecule has 5 nitrogen and oxygen atoms in total. The van der Waals surface area contributed by atoms with E-state index in [2.05, 4.69) is 10.3 Å². The van der Waals surface area contributed by atoms with Crippen molar-refractivity contribution in [2.75, 3.05) is 5.32 Å². The maximum absolute atomic E-state index is 13.2. The molecule has 6 heteroatoms. The zero-order valence-electron chi connectivity index (χ0n) is 15.5. The summed E-state index contributed by atoms with van der Waals surface area (Å²) in [7, 11) is 0. The number of carbonyl (C=O) groups is 1. The van der Waals surface area contributed by atoms with Crippen molar-refractivity contribution in [3.8, 4) is 11.1 Å². The summed E-state index contributed by atoms with van der Waals surface area (Å²) in [5, 5.41) is 5.35. The van der Waals surface area contributed by atoms with Gasteiger partial charge < -0.3 is 5.32 Å². The van der Waals surface area contributed by atoms with Crippen LogP contribution in [0.5, 0.6) is 0 Å². The predicted octanol–water partition coefficient (Wildman–Crippen LogP) is 4.63. The minimum absolute atomic E-state index is 0.211. The van der Waals surface area contributed by atoms with Crippen LogP contribution in [0.3, 0.4) is 0 Å². The van der Waals surface area contributed by atoms with Gasteiger partial charge in [0.1, 0.15) is 10.9 Å². The maximum atomic E-state index is 13.2. The number of carbonyl (C=O) groups excluding carboxylic acids is 1. The van der Waals surface area contributed by atoms with Gasteiger partial charge in [-0.3, -0.25) is 14.2 Å². The van der Waals surface area contributed by atoms with Crippen LogP contribution in [0.4, 0.5) is 5.69 Å². The molecule has 0 saturated heterocycles. The third-order valence-electron chi connectivity index (χ3n) is 4.72. The van der Waals surface area contributed by atoms with E-state index < -0.39 is 6.04 Å². The Hall–Kier alpha value is -3.25. The van der Waals surface area contributed by atoms with Gasteiger partial charge in [-0.05, 0) is 31.5 Å². The number of aryl methyl sites for hydroxylation is 1. The summed E-state index contributed by atoms with van der Waals surface area (Å²) in [6.07, 6.45) is 1.45. The molecule has 4 rings (SSSR count). The van der Waals surface area contributed by atoms with Crippen molar-refractivity contribution in [3.05, 3.63) is 82.2 Å². The lowest BCUT2D eigenvalue weighted by atomic mass is 10.1. The van der Waals surface area contributed by atoms with Crippen molar-refractivity contribution in [2.45, 2.75) is 19.9 Å². The molecule has 1 atom stereocenters. The van der Waals surface area contributed by atoms with Crippen LogP contribution in [0.25, 0.3) is 21.3 Å². The first-order valence-electron chi connectivity index (χ1n) is 8.96. The van der Waals surface area contributed by atoms with Crippen LogP contribution >= 0.6 is 11.3 Å². The van der Waals surface area contributed by atoms with Crippen LogP contribution in [0.2, 0.25) is 0 Å². The Labute approximate surface area is 166 Å². The van der Waals surface area contributed by atoms with Crippen molar-refractivity contribution in [2.24, 2.45) is 0 Å². The normalized spacial score (nSPS) is 12.1. The van der Waals surface area contributed by atoms with E-state index in [1.54, 1.807) is 6.92 Å². The number of thiophene rings is 1. The lowest BCUT2D eigenvalue weighted by Gasteiger charge is -2.15. The number of aromatic nitrogens is 2. The van der Waals surface area contributed by atoms with E-state index in [9.17, 15) is 9.59 Å². The second-order valence-electron chi connectivity index (χ2n) is 6.68. The number of amides is 1. The van der Waals surface area contributed by atoms with E-state index in [1.807, 2.05) is 66.9 Å². The fourth-order valence-corrected chi connectivity index (χ4v) is 3.97. The van der Waals surface area contributed by atoms with Gasteiger partial charge in [0.05, 0.1) is 11.7 Å². The first kappa shape index (κ1) is 18.1. The molecule has 28 heavy (non-hydrogen) atoms. The van der Waals surface area contributed by atoms with Gasteiger partial charge in [0, 0.05) is 16.6 Å². The molecule has 2 aromatic heterocycles. The third-order valence-corrected chi connectivity index (χ3v) is 5.61. The van der Waals surface area contributed by atoms with E-state index in [1.165, 1.54) is 22.2 Å². The molecular formula is C22H19N3O2S. The highest BCUT2D eigenvalue weighted by Crippen LogP contribution is 2.30. The van der Waals surface area contributed by atoms with Crippen LogP contribution in [-0.4, -0.2) is 15.5 Å². The first-order chi connectivity index (χ1) is 13.5. The summed E-state index contributed by atoms with van der Waals surface area (Å²) in [5.74, 6) is -0.261. The fourth-order valence-electron chi connectivity index (χ4n) is 3.06. The molecule has 0 bridgehead atoms. The molecule has 0 fully saturated rings. The summed E-state index contributed by atoms with van der Waals surface area (Å²) in [6, 6.07) is 16.6. The number of rotatable bonds is 4. The van der Waals surface area contributed by atoms with E-state index in [0.29, 0.717) is 15.9 Å². The zero-order chi connectivity index (χ0) is 19.7. The van der Waals surface area contributed by atoms with E-state index in [4.69, 9.17) is 0 Å². The quantitative estimate of drug-likeness (QED) is 0.553. The zero-order valence-corrected chi connectivity index (χ0v) is 16.4. The van der Waals surface area contributed by atoms with Gasteiger partial charge in [0.25, 0.3) is 5.56 Å². The van der Waals surface area contributed by atoms with Gasteiger partial charge in [0.2, 0.25) is 5.91 Å². The highest BCUT2D eigenvalue weighted by molar-refractivity contribution is 7.17. The Morgan fingerprint density at radius 3 is 2.54 bits per heavy atom. The molecule has 2 aromatic carbocycles. The second-order valence-corrected chi connectivity index (χ2v) is 7.54. The summed E-state index contributed by atoms with van der Waals surface area (Å²) in [5.41, 5.74) is 3.41. The monoisotopic (exact) mass is 389 g/mol. The number of nitrogens with zero attached hydrogens (tertiary/aromatic N) is 2. The topological polar surface area (TPSA) is 64.0 Å². The van der Waals surface area contributed by atoms with Gasteiger partial charge >= 0.3 is 0 Å². The smallest absolute Gasteiger partial charge is 0.263 e. The average molecular weight is 389 g/mol. The molecule has 0 aliphatic rings. The minimum Gasteiger partial charge on any atom is -0.324 e. The van der Waals surface area contributed by atoms with E-state index >= 15 is 0 Å². The third kappa shape index (κ3) is 3.34. The van der Waals surface area contributed by atoms with Gasteiger partial charge in [-0.25, -0.2) is 4.98 Å². The van der Waals surface area contributed by atoms with Crippen LogP contribution in [0.1, 0.15) is 18.5 Å². The minimum atomic E-state index is -0.686. The Bertz CT molecular complexity index is 1190. The summed E-state index contributed by atoms with van der Waals surface area (Å²) < 4.78 is 1.39. The number of fused-ring (bicyclic) bond motifs is 1. The second kappa shape index (κ2) is 7.40. The van der Waals surface area contributed by atoms with Gasteiger partial charge in [-0.15, -0.1) is 11.3 Å². The Balaban J connectivity index is 1.70. The van der Waals surface area contributed by atoms with Crippen molar-refractivity contribution < 1.29 is 4.79 Å². The maximum Gasteiger partial charge on any atom is 0.263 e. The number of hydrogen-bond acceptors (Lipinski definition) is 4. The highest BCUT2D eigenvalue weighted by atomic mass is 32.1. The summed E-state index contributed by atoms with van der Waals surface area (Å²) in [4.78, 5) is 30.9. The first-order valence-corrected chi connectivity index (χ1v) is 9.84. The van der Waals surface area contributed by atoms with Crippen LogP contribution in [0, 0.1) is 6.92 Å². The van der Waals surface area contributed by atoms with Crippen molar-refractivity contribution in [1.29, 1.82) is 0 Å². The molecule has 1 unspecified atom stereocenters. The van der Waals surface area contributed by atoms with E-state index in [-0.39, 0.29) is 11.5 Å². The molecule has 0 aliphatic carbocycles. The van der Waals surface area contributed by atoms with Crippen molar-refractivity contribution in [3.63, 3.8) is 0 Å². The molecule has 0 spiro atoms. The van der Waals surface area contributed by atoms with Crippen LogP contribution in [-0.2, 0) is 4.79 Å². The average Bonchev–Trinajstić information content (AvgIpc) is 3.15. The van der Waals surface area contributed by atoms with Gasteiger partial charge in [-0.1, -0.05) is 48.0 Å². The molecule has 140 valence electrons. The Morgan fingerprint density at radius 1 is 1.11 bits per heavy atom. The molecule has 1 N–H and O–H groups in total. The molecule has 2 heterocycles. The van der Waals surface area contributed by atoms with Crippen molar-refractivity contribution >= 4 is 33.1 Å². The molecule has 0 aliphatic heterocycles. The largest absolute Gasteiger partial charge is 0.324 e. The lowest BCUT2D eigenvalue weighted by Crippen LogP contribution is -2.31. The SMILES string of the molecule is Cc1ccc(NC(=O)C(C)n2cnc3scc(-c4ccccc4)c3c2=O)cc1. The molecule has 0 saturated carbocycles. The molecule has 4 aromatic rings.